The fraction of sp³-hybridized carbons (Fsp3) is 0.333. The van der Waals surface area contributed by atoms with Crippen molar-refractivity contribution >= 4 is 28.8 Å². The van der Waals surface area contributed by atoms with Gasteiger partial charge in [0.05, 0.1) is 10.6 Å². The average Bonchev–Trinajstić information content (AvgIpc) is 2.84. The number of halogens is 1. The third kappa shape index (κ3) is 3.29. The van der Waals surface area contributed by atoms with E-state index in [1.807, 2.05) is 11.0 Å². The Labute approximate surface area is 168 Å². The van der Waals surface area contributed by atoms with Crippen molar-refractivity contribution in [3.05, 3.63) is 73.6 Å². The summed E-state index contributed by atoms with van der Waals surface area (Å²) in [6.07, 6.45) is 4.80. The highest BCUT2D eigenvalue weighted by Crippen LogP contribution is 2.41. The van der Waals surface area contributed by atoms with Crippen molar-refractivity contribution in [2.24, 2.45) is 0 Å². The molecule has 1 aromatic carbocycles. The Morgan fingerprint density at radius 3 is 2.57 bits per heavy atom. The number of likely N-dealkylation sites (tertiary alicyclic amines) is 1. The molecule has 0 bridgehead atoms. The van der Waals surface area contributed by atoms with Gasteiger partial charge in [-0.25, -0.2) is 0 Å². The first kappa shape index (κ1) is 18.6. The number of aryl methyl sites for hydroxylation is 2. The van der Waals surface area contributed by atoms with E-state index in [1.54, 1.807) is 25.3 Å². The Kier molecular flexibility index (Phi) is 4.89. The lowest BCUT2D eigenvalue weighted by Crippen LogP contribution is -2.34. The number of piperidine rings is 1. The van der Waals surface area contributed by atoms with E-state index in [2.05, 4.69) is 11.1 Å². The van der Waals surface area contributed by atoms with Gasteiger partial charge in [-0.1, -0.05) is 23.2 Å². The highest BCUT2D eigenvalue weighted by atomic mass is 35.5. The van der Waals surface area contributed by atoms with Gasteiger partial charge in [0, 0.05) is 37.8 Å². The summed E-state index contributed by atoms with van der Waals surface area (Å²) in [7, 11) is 0. The van der Waals surface area contributed by atoms with Crippen LogP contribution in [0.2, 0.25) is 5.02 Å². The molecule has 2 heterocycles. The summed E-state index contributed by atoms with van der Waals surface area (Å²) in [6, 6.07) is 7.31. The first-order chi connectivity index (χ1) is 13.5. The van der Waals surface area contributed by atoms with Crippen LogP contribution in [-0.2, 0) is 17.6 Å². The van der Waals surface area contributed by atoms with Crippen LogP contribution < -0.4 is 0 Å². The van der Waals surface area contributed by atoms with Crippen molar-refractivity contribution in [1.29, 1.82) is 0 Å². The van der Waals surface area contributed by atoms with Crippen LogP contribution in [0.25, 0.3) is 5.57 Å². The maximum absolute atomic E-state index is 11.7. The van der Waals surface area contributed by atoms with Crippen LogP contribution in [-0.4, -0.2) is 33.8 Å². The zero-order valence-corrected chi connectivity index (χ0v) is 16.3. The Hall–Kier alpha value is -2.73. The lowest BCUT2D eigenvalue weighted by atomic mass is 9.88. The van der Waals surface area contributed by atoms with Gasteiger partial charge in [0.1, 0.15) is 5.02 Å². The number of nitro groups is 1. The van der Waals surface area contributed by atoms with E-state index in [9.17, 15) is 14.9 Å². The van der Waals surface area contributed by atoms with Crippen LogP contribution in [0.5, 0.6) is 0 Å². The van der Waals surface area contributed by atoms with E-state index in [-0.39, 0.29) is 16.6 Å². The topological polar surface area (TPSA) is 76.3 Å². The summed E-state index contributed by atoms with van der Waals surface area (Å²) >= 11 is 6.19. The average molecular weight is 398 g/mol. The second-order valence-electron chi connectivity index (χ2n) is 7.21. The number of carbonyl (C=O) groups excluding carboxylic acids is 1. The second kappa shape index (κ2) is 7.36. The molecule has 0 atom stereocenters. The van der Waals surface area contributed by atoms with E-state index < -0.39 is 4.92 Å². The number of nitro benzene ring substituents is 1. The normalized spacial score (nSPS) is 16.3. The Morgan fingerprint density at radius 2 is 1.89 bits per heavy atom. The molecule has 1 amide bonds. The smallest absolute Gasteiger partial charge is 0.288 e. The lowest BCUT2D eigenvalue weighted by Gasteiger charge is -2.29. The monoisotopic (exact) mass is 397 g/mol. The standard InChI is InChI=1S/C21H20ClN3O3/c1-13(26)24-9-6-14(7-10-24)20-17-12-19(25(27)28)18(22)11-16(17)5-4-15-3-2-8-23-21(15)20/h2-3,8,11-12H,4-7,9-10H2,1H3. The minimum atomic E-state index is -0.437. The molecule has 1 fully saturated rings. The highest BCUT2D eigenvalue weighted by molar-refractivity contribution is 6.32. The number of amides is 1. The van der Waals surface area contributed by atoms with Gasteiger partial charge >= 0.3 is 0 Å². The van der Waals surface area contributed by atoms with Gasteiger partial charge in [0.25, 0.3) is 5.69 Å². The van der Waals surface area contributed by atoms with Gasteiger partial charge in [-0.3, -0.25) is 19.9 Å². The molecular formula is C21H20ClN3O3. The minimum absolute atomic E-state index is 0.0752. The molecule has 7 heteroatoms. The summed E-state index contributed by atoms with van der Waals surface area (Å²) in [5.41, 5.74) is 5.96. The Morgan fingerprint density at radius 1 is 1.18 bits per heavy atom. The molecule has 2 aliphatic rings. The summed E-state index contributed by atoms with van der Waals surface area (Å²) in [5.74, 6) is 0.0752. The first-order valence-electron chi connectivity index (χ1n) is 9.34. The molecule has 1 aromatic heterocycles. The van der Waals surface area contributed by atoms with Crippen molar-refractivity contribution in [1.82, 2.24) is 9.88 Å². The summed E-state index contributed by atoms with van der Waals surface area (Å²) in [4.78, 5) is 29.2. The van der Waals surface area contributed by atoms with E-state index in [1.165, 1.54) is 5.57 Å². The van der Waals surface area contributed by atoms with E-state index >= 15 is 0 Å². The van der Waals surface area contributed by atoms with Crippen molar-refractivity contribution < 1.29 is 9.72 Å². The molecule has 1 aliphatic heterocycles. The molecule has 0 saturated carbocycles. The van der Waals surface area contributed by atoms with E-state index in [0.717, 1.165) is 53.6 Å². The number of aromatic nitrogens is 1. The van der Waals surface area contributed by atoms with Gasteiger partial charge in [0.2, 0.25) is 5.91 Å². The zero-order valence-electron chi connectivity index (χ0n) is 15.6. The molecule has 28 heavy (non-hydrogen) atoms. The summed E-state index contributed by atoms with van der Waals surface area (Å²) < 4.78 is 0. The third-order valence-corrected chi connectivity index (χ3v) is 5.90. The van der Waals surface area contributed by atoms with Gasteiger partial charge in [-0.2, -0.15) is 0 Å². The molecule has 0 unspecified atom stereocenters. The maximum atomic E-state index is 11.7. The van der Waals surface area contributed by atoms with E-state index in [4.69, 9.17) is 11.6 Å². The summed E-state index contributed by atoms with van der Waals surface area (Å²) in [6.45, 7) is 2.89. The Bertz CT molecular complexity index is 1010. The van der Waals surface area contributed by atoms with Crippen LogP contribution in [0.4, 0.5) is 5.69 Å². The predicted octanol–water partition coefficient (Wildman–Crippen LogP) is 4.19. The van der Waals surface area contributed by atoms with Crippen LogP contribution in [0, 0.1) is 10.1 Å². The summed E-state index contributed by atoms with van der Waals surface area (Å²) in [5, 5.41) is 11.7. The maximum Gasteiger partial charge on any atom is 0.288 e. The lowest BCUT2D eigenvalue weighted by molar-refractivity contribution is -0.384. The molecule has 0 radical (unpaired) electrons. The quantitative estimate of drug-likeness (QED) is 0.534. The molecule has 1 aliphatic carbocycles. The second-order valence-corrected chi connectivity index (χ2v) is 7.62. The van der Waals surface area contributed by atoms with Crippen molar-refractivity contribution in [2.45, 2.75) is 32.6 Å². The number of fused-ring (bicyclic) bond motifs is 2. The molecule has 144 valence electrons. The molecule has 6 nitrogen and oxygen atoms in total. The highest BCUT2D eigenvalue weighted by Gasteiger charge is 2.28. The number of nitrogens with zero attached hydrogens (tertiary/aromatic N) is 3. The number of carbonyl (C=O) groups is 1. The van der Waals surface area contributed by atoms with Crippen molar-refractivity contribution in [3.63, 3.8) is 0 Å². The number of rotatable bonds is 1. The number of hydrogen-bond donors (Lipinski definition) is 0. The van der Waals surface area contributed by atoms with Gasteiger partial charge < -0.3 is 4.90 Å². The van der Waals surface area contributed by atoms with Gasteiger partial charge in [-0.15, -0.1) is 0 Å². The predicted molar refractivity (Wildman–Crippen MR) is 107 cm³/mol. The zero-order chi connectivity index (χ0) is 19.8. The Balaban J connectivity index is 1.92. The largest absolute Gasteiger partial charge is 0.342 e. The molecule has 2 aromatic rings. The minimum Gasteiger partial charge on any atom is -0.342 e. The number of benzene rings is 1. The fourth-order valence-electron chi connectivity index (χ4n) is 4.14. The van der Waals surface area contributed by atoms with Crippen LogP contribution in [0.15, 0.2) is 36.0 Å². The third-order valence-electron chi connectivity index (χ3n) is 5.60. The van der Waals surface area contributed by atoms with Crippen molar-refractivity contribution in [2.75, 3.05) is 13.1 Å². The molecule has 0 spiro atoms. The van der Waals surface area contributed by atoms with Crippen LogP contribution in [0.3, 0.4) is 0 Å². The molecule has 4 rings (SSSR count). The van der Waals surface area contributed by atoms with Crippen LogP contribution in [0.1, 0.15) is 42.1 Å². The molecule has 1 saturated heterocycles. The van der Waals surface area contributed by atoms with Gasteiger partial charge in [-0.05, 0) is 54.5 Å². The van der Waals surface area contributed by atoms with Crippen LogP contribution >= 0.6 is 11.6 Å². The van der Waals surface area contributed by atoms with Crippen molar-refractivity contribution in [3.8, 4) is 0 Å². The molecular weight excluding hydrogens is 378 g/mol. The number of hydrogen-bond acceptors (Lipinski definition) is 4. The van der Waals surface area contributed by atoms with Gasteiger partial charge in [0.15, 0.2) is 0 Å². The number of pyridine rings is 1. The first-order valence-corrected chi connectivity index (χ1v) is 9.72. The SMILES string of the molecule is CC(=O)N1CCC(=C2c3cc([N+](=O)[O-])c(Cl)cc3CCc3cccnc32)CC1. The molecule has 0 N–H and O–H groups in total. The fourth-order valence-corrected chi connectivity index (χ4v) is 4.40. The van der Waals surface area contributed by atoms with E-state index in [0.29, 0.717) is 13.1 Å².